The van der Waals surface area contributed by atoms with E-state index in [9.17, 15) is 0 Å². The summed E-state index contributed by atoms with van der Waals surface area (Å²) in [5.41, 5.74) is 1.29. The van der Waals surface area contributed by atoms with Gasteiger partial charge in [-0.2, -0.15) is 0 Å². The Labute approximate surface area is 112 Å². The topological polar surface area (TPSA) is 37.8 Å². The van der Waals surface area contributed by atoms with E-state index in [2.05, 4.69) is 46.5 Å². The largest absolute Gasteiger partial charge is 0.312 e. The molecule has 2 unspecified atom stereocenters. The van der Waals surface area contributed by atoms with E-state index in [0.717, 1.165) is 5.16 Å². The van der Waals surface area contributed by atoms with Crippen molar-refractivity contribution in [2.24, 2.45) is 0 Å². The number of hydrogen-bond acceptors (Lipinski definition) is 4. The Balaban J connectivity index is 2.09. The fourth-order valence-corrected chi connectivity index (χ4v) is 2.92. The lowest BCUT2D eigenvalue weighted by Crippen LogP contribution is -2.25. The van der Waals surface area contributed by atoms with Crippen LogP contribution in [0.25, 0.3) is 0 Å². The maximum absolute atomic E-state index is 4.25. The van der Waals surface area contributed by atoms with Gasteiger partial charge in [0.25, 0.3) is 0 Å². The van der Waals surface area contributed by atoms with Gasteiger partial charge in [0.1, 0.15) is 0 Å². The summed E-state index contributed by atoms with van der Waals surface area (Å²) in [5.74, 6) is 0. The van der Waals surface area contributed by atoms with Gasteiger partial charge < -0.3 is 5.32 Å². The molecule has 0 amide bonds. The van der Waals surface area contributed by atoms with Crippen LogP contribution in [0.3, 0.4) is 0 Å². The van der Waals surface area contributed by atoms with E-state index in [0.29, 0.717) is 11.3 Å². The van der Waals surface area contributed by atoms with Crippen LogP contribution in [-0.2, 0) is 0 Å². The van der Waals surface area contributed by atoms with Crippen LogP contribution in [0.4, 0.5) is 0 Å². The third kappa shape index (κ3) is 3.31. The molecule has 2 atom stereocenters. The molecular weight excluding hydrogens is 242 g/mol. The lowest BCUT2D eigenvalue weighted by Gasteiger charge is -2.22. The summed E-state index contributed by atoms with van der Waals surface area (Å²) in [7, 11) is 1.99. The van der Waals surface area contributed by atoms with E-state index in [1.807, 2.05) is 19.2 Å². The van der Waals surface area contributed by atoms with E-state index in [1.54, 1.807) is 24.2 Å². The summed E-state index contributed by atoms with van der Waals surface area (Å²) in [4.78, 5) is 8.51. The molecule has 3 nitrogen and oxygen atoms in total. The van der Waals surface area contributed by atoms with Crippen molar-refractivity contribution < 1.29 is 0 Å². The number of nitrogens with one attached hydrogen (secondary N) is 1. The maximum Gasteiger partial charge on any atom is 0.187 e. The molecule has 0 bridgehead atoms. The van der Waals surface area contributed by atoms with Crippen molar-refractivity contribution >= 4 is 11.8 Å². The monoisotopic (exact) mass is 259 g/mol. The molecule has 2 aromatic rings. The third-order valence-electron chi connectivity index (χ3n) is 2.77. The van der Waals surface area contributed by atoms with Gasteiger partial charge in [0, 0.05) is 23.7 Å². The van der Waals surface area contributed by atoms with Crippen molar-refractivity contribution in [3.63, 3.8) is 0 Å². The molecular formula is C14H17N3S. The van der Waals surface area contributed by atoms with Crippen LogP contribution in [0.15, 0.2) is 53.9 Å². The zero-order valence-corrected chi connectivity index (χ0v) is 11.4. The van der Waals surface area contributed by atoms with Gasteiger partial charge in [-0.25, -0.2) is 9.97 Å². The van der Waals surface area contributed by atoms with Crippen molar-refractivity contribution in [3.05, 3.63) is 54.4 Å². The van der Waals surface area contributed by atoms with Gasteiger partial charge in [-0.05, 0) is 18.7 Å². The normalized spacial score (nSPS) is 14.1. The quantitative estimate of drug-likeness (QED) is 0.662. The Morgan fingerprint density at radius 1 is 1.06 bits per heavy atom. The third-order valence-corrected chi connectivity index (χ3v) is 3.84. The lowest BCUT2D eigenvalue weighted by atomic mass is 10.0. The Bertz CT molecular complexity index is 461. The van der Waals surface area contributed by atoms with Crippen molar-refractivity contribution in [1.82, 2.24) is 15.3 Å². The molecule has 94 valence electrons. The number of aromatic nitrogens is 2. The average molecular weight is 259 g/mol. The molecule has 4 heteroatoms. The summed E-state index contributed by atoms with van der Waals surface area (Å²) >= 11 is 1.69. The Hall–Kier alpha value is -1.39. The highest BCUT2D eigenvalue weighted by atomic mass is 32.2. The number of nitrogens with zero attached hydrogens (tertiary/aromatic N) is 2. The average Bonchev–Trinajstić information content (AvgIpc) is 2.42. The van der Waals surface area contributed by atoms with Gasteiger partial charge in [0.05, 0.1) is 0 Å². The Morgan fingerprint density at radius 2 is 1.72 bits per heavy atom. The smallest absolute Gasteiger partial charge is 0.187 e. The predicted molar refractivity (Wildman–Crippen MR) is 75.6 cm³/mol. The molecule has 1 aromatic heterocycles. The van der Waals surface area contributed by atoms with Crippen LogP contribution in [0.5, 0.6) is 0 Å². The first-order valence-electron chi connectivity index (χ1n) is 5.97. The summed E-state index contributed by atoms with van der Waals surface area (Å²) < 4.78 is 0. The summed E-state index contributed by atoms with van der Waals surface area (Å²) in [6, 6.07) is 12.6. The first-order chi connectivity index (χ1) is 8.81. The van der Waals surface area contributed by atoms with Gasteiger partial charge in [-0.3, -0.25) is 0 Å². The minimum Gasteiger partial charge on any atom is -0.312 e. The van der Waals surface area contributed by atoms with Gasteiger partial charge >= 0.3 is 0 Å². The second-order valence-corrected chi connectivity index (χ2v) is 5.38. The fraction of sp³-hybridized carbons (Fsp3) is 0.286. The molecule has 0 saturated carbocycles. The minimum absolute atomic E-state index is 0.292. The summed E-state index contributed by atoms with van der Waals surface area (Å²) in [6.07, 6.45) is 3.55. The van der Waals surface area contributed by atoms with Crippen LogP contribution in [0.1, 0.15) is 18.5 Å². The molecule has 1 N–H and O–H groups in total. The number of hydrogen-bond donors (Lipinski definition) is 1. The van der Waals surface area contributed by atoms with Gasteiger partial charge in [-0.15, -0.1) is 0 Å². The molecule has 0 aliphatic carbocycles. The highest BCUT2D eigenvalue weighted by Gasteiger charge is 2.19. The van der Waals surface area contributed by atoms with E-state index >= 15 is 0 Å². The van der Waals surface area contributed by atoms with Gasteiger partial charge in [0.15, 0.2) is 5.16 Å². The SMILES string of the molecule is CNC(c1ccccc1)C(C)Sc1ncccn1. The first kappa shape index (κ1) is 13.1. The van der Waals surface area contributed by atoms with Crippen LogP contribution >= 0.6 is 11.8 Å². The standard InChI is InChI=1S/C14H17N3S/c1-11(18-14-16-9-6-10-17-14)13(15-2)12-7-4-3-5-8-12/h3-11,13,15H,1-2H3. The molecule has 0 aliphatic heterocycles. The molecule has 18 heavy (non-hydrogen) atoms. The zero-order valence-electron chi connectivity index (χ0n) is 10.6. The molecule has 0 spiro atoms. The summed E-state index contributed by atoms with van der Waals surface area (Å²) in [5, 5.41) is 4.54. The first-order valence-corrected chi connectivity index (χ1v) is 6.85. The van der Waals surface area contributed by atoms with E-state index in [4.69, 9.17) is 0 Å². The van der Waals surface area contributed by atoms with Crippen molar-refractivity contribution in [1.29, 1.82) is 0 Å². The van der Waals surface area contributed by atoms with Crippen molar-refractivity contribution in [2.45, 2.75) is 23.4 Å². The molecule has 2 rings (SSSR count). The molecule has 0 saturated heterocycles. The second kappa shape index (κ2) is 6.52. The van der Waals surface area contributed by atoms with Crippen molar-refractivity contribution in [3.8, 4) is 0 Å². The zero-order chi connectivity index (χ0) is 12.8. The lowest BCUT2D eigenvalue weighted by molar-refractivity contribution is 0.588. The Morgan fingerprint density at radius 3 is 2.33 bits per heavy atom. The number of benzene rings is 1. The van der Waals surface area contributed by atoms with Crippen LogP contribution < -0.4 is 5.32 Å². The predicted octanol–water partition coefficient (Wildman–Crippen LogP) is 2.92. The van der Waals surface area contributed by atoms with Crippen molar-refractivity contribution in [2.75, 3.05) is 7.05 Å². The maximum atomic E-state index is 4.25. The number of rotatable bonds is 5. The highest BCUT2D eigenvalue weighted by molar-refractivity contribution is 7.99. The molecule has 1 heterocycles. The molecule has 0 radical (unpaired) electrons. The van der Waals surface area contributed by atoms with Crippen LogP contribution in [0.2, 0.25) is 0 Å². The number of thioether (sulfide) groups is 1. The second-order valence-electron chi connectivity index (χ2n) is 4.03. The molecule has 0 aliphatic rings. The minimum atomic E-state index is 0.292. The van der Waals surface area contributed by atoms with Gasteiger partial charge in [-0.1, -0.05) is 49.0 Å². The van der Waals surface area contributed by atoms with Crippen LogP contribution in [0, 0.1) is 0 Å². The van der Waals surface area contributed by atoms with E-state index < -0.39 is 0 Å². The molecule has 0 fully saturated rings. The molecule has 1 aromatic carbocycles. The summed E-state index contributed by atoms with van der Waals surface area (Å²) in [6.45, 7) is 2.19. The van der Waals surface area contributed by atoms with Crippen LogP contribution in [-0.4, -0.2) is 22.3 Å². The van der Waals surface area contributed by atoms with Gasteiger partial charge in [0.2, 0.25) is 0 Å². The van der Waals surface area contributed by atoms with E-state index in [-0.39, 0.29) is 0 Å². The highest BCUT2D eigenvalue weighted by Crippen LogP contribution is 2.29. The van der Waals surface area contributed by atoms with E-state index in [1.165, 1.54) is 5.56 Å². The fourth-order valence-electron chi connectivity index (χ4n) is 1.91. The Kier molecular flexibility index (Phi) is 4.73.